The summed E-state index contributed by atoms with van der Waals surface area (Å²) in [6.07, 6.45) is 3.34. The van der Waals surface area contributed by atoms with Crippen LogP contribution in [0.5, 0.6) is 0 Å². The minimum Gasteiger partial charge on any atom is -0.394 e. The lowest BCUT2D eigenvalue weighted by Crippen LogP contribution is -2.15. The van der Waals surface area contributed by atoms with Gasteiger partial charge in [0, 0.05) is 22.6 Å². The highest BCUT2D eigenvalue weighted by Crippen LogP contribution is 2.22. The summed E-state index contributed by atoms with van der Waals surface area (Å²) in [5.74, 6) is -0.299. The van der Waals surface area contributed by atoms with Crippen molar-refractivity contribution in [3.8, 4) is 0 Å². The third-order valence-corrected chi connectivity index (χ3v) is 3.13. The maximum Gasteiger partial charge on any atom is 0.125 e. The summed E-state index contributed by atoms with van der Waals surface area (Å²) in [5, 5.41) is 12.6. The van der Waals surface area contributed by atoms with Gasteiger partial charge in [-0.05, 0) is 58.2 Å². The molecular formula is C14H14BrFN2O. The van der Waals surface area contributed by atoms with Crippen molar-refractivity contribution in [2.75, 3.05) is 11.9 Å². The first-order chi connectivity index (χ1) is 9.08. The third-order valence-electron chi connectivity index (χ3n) is 2.69. The summed E-state index contributed by atoms with van der Waals surface area (Å²) >= 11 is 3.34. The number of halogens is 2. The standard InChI is InChI=1S/C14H14BrFN2O/c1-9-2-12(16)5-13(3-9)18-14(8-19)10-4-11(15)7-17-6-10/h2-7,14,18-19H,8H2,1H3. The first-order valence-corrected chi connectivity index (χ1v) is 6.63. The van der Waals surface area contributed by atoms with Crippen LogP contribution < -0.4 is 5.32 Å². The molecule has 1 aromatic heterocycles. The molecule has 100 valence electrons. The lowest BCUT2D eigenvalue weighted by Gasteiger charge is -2.18. The van der Waals surface area contributed by atoms with Crippen LogP contribution >= 0.6 is 15.9 Å². The van der Waals surface area contributed by atoms with Crippen molar-refractivity contribution < 1.29 is 9.50 Å². The Balaban J connectivity index is 2.23. The van der Waals surface area contributed by atoms with Gasteiger partial charge in [0.15, 0.2) is 0 Å². The van der Waals surface area contributed by atoms with Crippen LogP contribution in [0.2, 0.25) is 0 Å². The highest BCUT2D eigenvalue weighted by atomic mass is 79.9. The zero-order valence-corrected chi connectivity index (χ0v) is 12.0. The fraction of sp³-hybridized carbons (Fsp3) is 0.214. The highest BCUT2D eigenvalue weighted by Gasteiger charge is 2.11. The van der Waals surface area contributed by atoms with Crippen LogP contribution in [0.1, 0.15) is 17.2 Å². The maximum atomic E-state index is 13.3. The van der Waals surface area contributed by atoms with Gasteiger partial charge in [0.2, 0.25) is 0 Å². The first-order valence-electron chi connectivity index (χ1n) is 5.83. The predicted octanol–water partition coefficient (Wildman–Crippen LogP) is 3.44. The molecule has 0 aliphatic rings. The summed E-state index contributed by atoms with van der Waals surface area (Å²) in [7, 11) is 0. The molecule has 1 aromatic carbocycles. The van der Waals surface area contributed by atoms with Crippen LogP contribution in [0.4, 0.5) is 10.1 Å². The van der Waals surface area contributed by atoms with Crippen molar-refractivity contribution >= 4 is 21.6 Å². The van der Waals surface area contributed by atoms with E-state index in [1.54, 1.807) is 12.4 Å². The molecule has 0 bridgehead atoms. The van der Waals surface area contributed by atoms with Gasteiger partial charge in [-0.1, -0.05) is 0 Å². The van der Waals surface area contributed by atoms with E-state index in [9.17, 15) is 9.50 Å². The highest BCUT2D eigenvalue weighted by molar-refractivity contribution is 9.10. The number of aromatic nitrogens is 1. The van der Waals surface area contributed by atoms with Crippen molar-refractivity contribution in [3.05, 3.63) is 58.1 Å². The number of aliphatic hydroxyl groups excluding tert-OH is 1. The molecule has 0 aliphatic carbocycles. The maximum absolute atomic E-state index is 13.3. The molecular weight excluding hydrogens is 311 g/mol. The predicted molar refractivity (Wildman–Crippen MR) is 76.5 cm³/mol. The second-order valence-electron chi connectivity index (χ2n) is 4.33. The molecule has 1 atom stereocenters. The van der Waals surface area contributed by atoms with Crippen molar-refractivity contribution in [3.63, 3.8) is 0 Å². The number of anilines is 1. The summed E-state index contributed by atoms with van der Waals surface area (Å²) in [5.41, 5.74) is 2.29. The van der Waals surface area contributed by atoms with Gasteiger partial charge >= 0.3 is 0 Å². The van der Waals surface area contributed by atoms with Gasteiger partial charge < -0.3 is 10.4 Å². The Labute approximate surface area is 119 Å². The fourth-order valence-electron chi connectivity index (χ4n) is 1.87. The monoisotopic (exact) mass is 324 g/mol. The normalized spacial score (nSPS) is 12.2. The lowest BCUT2D eigenvalue weighted by molar-refractivity contribution is 0.276. The van der Waals surface area contributed by atoms with E-state index in [0.29, 0.717) is 5.69 Å². The number of aryl methyl sites for hydroxylation is 1. The van der Waals surface area contributed by atoms with Crippen molar-refractivity contribution in [2.45, 2.75) is 13.0 Å². The number of hydrogen-bond acceptors (Lipinski definition) is 3. The van der Waals surface area contributed by atoms with E-state index in [2.05, 4.69) is 26.2 Å². The number of nitrogens with zero attached hydrogens (tertiary/aromatic N) is 1. The van der Waals surface area contributed by atoms with Gasteiger partial charge in [-0.2, -0.15) is 0 Å². The van der Waals surface area contributed by atoms with E-state index in [0.717, 1.165) is 15.6 Å². The SMILES string of the molecule is Cc1cc(F)cc(NC(CO)c2cncc(Br)c2)c1. The van der Waals surface area contributed by atoms with Crippen molar-refractivity contribution in [1.82, 2.24) is 4.98 Å². The minimum atomic E-state index is -0.328. The van der Waals surface area contributed by atoms with Gasteiger partial charge in [0.05, 0.1) is 12.6 Å². The van der Waals surface area contributed by atoms with E-state index < -0.39 is 0 Å². The number of benzene rings is 1. The summed E-state index contributed by atoms with van der Waals surface area (Å²) < 4.78 is 14.2. The molecule has 0 radical (unpaired) electrons. The van der Waals surface area contributed by atoms with Crippen LogP contribution in [0.25, 0.3) is 0 Å². The van der Waals surface area contributed by atoms with Gasteiger partial charge in [-0.3, -0.25) is 4.98 Å². The summed E-state index contributed by atoms with van der Waals surface area (Å²) in [4.78, 5) is 4.06. The Morgan fingerprint density at radius 2 is 2.11 bits per heavy atom. The van der Waals surface area contributed by atoms with Gasteiger partial charge in [0.25, 0.3) is 0 Å². The number of nitrogens with one attached hydrogen (secondary N) is 1. The molecule has 0 saturated carbocycles. The molecule has 2 rings (SSSR count). The topological polar surface area (TPSA) is 45.1 Å². The smallest absolute Gasteiger partial charge is 0.125 e. The molecule has 0 fully saturated rings. The third kappa shape index (κ3) is 3.75. The van der Waals surface area contributed by atoms with Crippen LogP contribution in [0.3, 0.4) is 0 Å². The van der Waals surface area contributed by atoms with Crippen molar-refractivity contribution in [1.29, 1.82) is 0 Å². The van der Waals surface area contributed by atoms with Crippen LogP contribution in [0.15, 0.2) is 41.1 Å². The summed E-state index contributed by atoms with van der Waals surface area (Å²) in [6.45, 7) is 1.72. The minimum absolute atomic E-state index is 0.103. The number of pyridine rings is 1. The van der Waals surface area contributed by atoms with E-state index in [4.69, 9.17) is 0 Å². The van der Waals surface area contributed by atoms with E-state index >= 15 is 0 Å². The molecule has 5 heteroatoms. The molecule has 2 N–H and O–H groups in total. The second kappa shape index (κ2) is 6.12. The molecule has 1 unspecified atom stereocenters. The Hall–Kier alpha value is -1.46. The first kappa shape index (κ1) is 14.0. The molecule has 0 amide bonds. The van der Waals surface area contributed by atoms with Gasteiger partial charge in [-0.15, -0.1) is 0 Å². The molecule has 0 aliphatic heterocycles. The van der Waals surface area contributed by atoms with Crippen LogP contribution in [-0.2, 0) is 0 Å². The zero-order valence-electron chi connectivity index (χ0n) is 10.4. The van der Waals surface area contributed by atoms with Crippen molar-refractivity contribution in [2.24, 2.45) is 0 Å². The fourth-order valence-corrected chi connectivity index (χ4v) is 2.26. The quantitative estimate of drug-likeness (QED) is 0.905. The lowest BCUT2D eigenvalue weighted by atomic mass is 10.1. The molecule has 1 heterocycles. The number of aliphatic hydroxyl groups is 1. The largest absolute Gasteiger partial charge is 0.394 e. The summed E-state index contributed by atoms with van der Waals surface area (Å²) in [6, 6.07) is 6.23. The molecule has 0 spiro atoms. The Morgan fingerprint density at radius 1 is 1.32 bits per heavy atom. The Morgan fingerprint density at radius 3 is 2.74 bits per heavy atom. The average molecular weight is 325 g/mol. The van der Waals surface area contributed by atoms with Crippen LogP contribution in [0, 0.1) is 12.7 Å². The van der Waals surface area contributed by atoms with Gasteiger partial charge in [0.1, 0.15) is 5.82 Å². The Bertz CT molecular complexity index is 557. The number of hydrogen-bond donors (Lipinski definition) is 2. The molecule has 2 aromatic rings. The molecule has 19 heavy (non-hydrogen) atoms. The van der Waals surface area contributed by atoms with E-state index in [1.807, 2.05) is 19.1 Å². The van der Waals surface area contributed by atoms with E-state index in [-0.39, 0.29) is 18.5 Å². The average Bonchev–Trinajstić information content (AvgIpc) is 2.34. The molecule has 3 nitrogen and oxygen atoms in total. The number of rotatable bonds is 4. The van der Waals surface area contributed by atoms with Gasteiger partial charge in [-0.25, -0.2) is 4.39 Å². The Kier molecular flexibility index (Phi) is 4.50. The second-order valence-corrected chi connectivity index (χ2v) is 5.25. The molecule has 0 saturated heterocycles. The van der Waals surface area contributed by atoms with Crippen LogP contribution in [-0.4, -0.2) is 16.7 Å². The zero-order chi connectivity index (χ0) is 13.8. The van der Waals surface area contributed by atoms with E-state index in [1.165, 1.54) is 12.1 Å².